The molecule has 4 heteroatoms. The molecule has 0 saturated heterocycles. The maximum atomic E-state index is 12.7. The van der Waals surface area contributed by atoms with Crippen molar-refractivity contribution in [2.24, 2.45) is 4.99 Å². The Bertz CT molecular complexity index is 1520. The van der Waals surface area contributed by atoms with Crippen molar-refractivity contribution in [3.05, 3.63) is 102 Å². The van der Waals surface area contributed by atoms with Crippen LogP contribution in [0.15, 0.2) is 96.0 Å². The molecule has 4 aromatic carbocycles. The van der Waals surface area contributed by atoms with Crippen LogP contribution in [-0.2, 0) is 9.53 Å². The number of nitrogens with zero attached hydrogens (tertiary/aromatic N) is 1. The molecule has 1 aliphatic rings. The molecule has 0 aliphatic carbocycles. The Kier molecular flexibility index (Phi) is 3.79. The number of ether oxygens (including phenoxy) is 1. The van der Waals surface area contributed by atoms with E-state index in [0.29, 0.717) is 11.6 Å². The van der Waals surface area contributed by atoms with Gasteiger partial charge in [-0.2, -0.15) is 0 Å². The number of carbonyl (C=O) groups excluding carboxylic acids is 1. The number of carbonyl (C=O) groups is 1. The minimum absolute atomic E-state index is 0.352. The second-order valence-corrected chi connectivity index (χ2v) is 8.21. The minimum atomic E-state index is -0.410. The van der Waals surface area contributed by atoms with Crippen molar-refractivity contribution in [3.63, 3.8) is 0 Å². The lowest BCUT2D eigenvalue weighted by Crippen LogP contribution is -2.12. The SMILES string of the molecule is O=C1OC(c2ccccc2)=N/C1=c1/ccc2c(-c3ccccc3)sc3cccc1c32. The Hall–Kier alpha value is -3.76. The van der Waals surface area contributed by atoms with Crippen LogP contribution >= 0.6 is 11.3 Å². The van der Waals surface area contributed by atoms with Gasteiger partial charge in [0.15, 0.2) is 5.70 Å². The van der Waals surface area contributed by atoms with Crippen LogP contribution in [0.1, 0.15) is 5.56 Å². The van der Waals surface area contributed by atoms with Gasteiger partial charge in [0.1, 0.15) is 0 Å². The molecule has 30 heavy (non-hydrogen) atoms. The molecule has 142 valence electrons. The van der Waals surface area contributed by atoms with E-state index in [4.69, 9.17) is 4.74 Å². The molecule has 6 rings (SSSR count). The number of rotatable bonds is 2. The fraction of sp³-hybridized carbons (Fsp3) is 0. The number of hydrogen-bond acceptors (Lipinski definition) is 4. The molecular formula is C26H15NO2S. The number of hydrogen-bond donors (Lipinski definition) is 0. The second kappa shape index (κ2) is 6.65. The van der Waals surface area contributed by atoms with E-state index in [1.54, 1.807) is 11.3 Å². The molecule has 1 aromatic heterocycles. The highest BCUT2D eigenvalue weighted by molar-refractivity contribution is 7.23. The second-order valence-electron chi connectivity index (χ2n) is 7.16. The molecule has 0 N–H and O–H groups in total. The molecule has 2 heterocycles. The Morgan fingerprint density at radius 3 is 2.20 bits per heavy atom. The zero-order valence-electron chi connectivity index (χ0n) is 15.8. The summed E-state index contributed by atoms with van der Waals surface area (Å²) in [4.78, 5) is 18.5. The van der Waals surface area contributed by atoms with E-state index >= 15 is 0 Å². The van der Waals surface area contributed by atoms with Gasteiger partial charge in [0.25, 0.3) is 0 Å². The van der Waals surface area contributed by atoms with Crippen molar-refractivity contribution >= 4 is 49.8 Å². The lowest BCUT2D eigenvalue weighted by atomic mass is 10.0. The van der Waals surface area contributed by atoms with Crippen LogP contribution in [0.25, 0.3) is 37.0 Å². The maximum absolute atomic E-state index is 12.7. The number of cyclic esters (lactones) is 1. The van der Waals surface area contributed by atoms with Gasteiger partial charge in [-0.1, -0.05) is 72.8 Å². The molecule has 3 nitrogen and oxygen atoms in total. The van der Waals surface area contributed by atoms with Gasteiger partial charge in [-0.3, -0.25) is 0 Å². The lowest BCUT2D eigenvalue weighted by Gasteiger charge is -2.02. The third-order valence-electron chi connectivity index (χ3n) is 5.37. The maximum Gasteiger partial charge on any atom is 0.364 e. The Labute approximate surface area is 176 Å². The highest BCUT2D eigenvalue weighted by atomic mass is 32.1. The molecule has 1 aliphatic heterocycles. The zero-order valence-corrected chi connectivity index (χ0v) is 16.6. The van der Waals surface area contributed by atoms with E-state index in [9.17, 15) is 4.79 Å². The quantitative estimate of drug-likeness (QED) is 0.361. The Morgan fingerprint density at radius 2 is 1.43 bits per heavy atom. The van der Waals surface area contributed by atoms with Crippen LogP contribution in [-0.4, -0.2) is 11.9 Å². The summed E-state index contributed by atoms with van der Waals surface area (Å²) < 4.78 is 6.69. The summed E-state index contributed by atoms with van der Waals surface area (Å²) >= 11 is 1.77. The normalized spacial score (nSPS) is 15.6. The van der Waals surface area contributed by atoms with Crippen molar-refractivity contribution in [1.82, 2.24) is 0 Å². The third-order valence-corrected chi connectivity index (χ3v) is 6.59. The average molecular weight is 405 g/mol. The molecule has 0 radical (unpaired) electrons. The summed E-state index contributed by atoms with van der Waals surface area (Å²) in [7, 11) is 0. The molecule has 0 amide bonds. The number of thiophene rings is 1. The number of aliphatic imine (C=N–C) groups is 1. The van der Waals surface area contributed by atoms with E-state index in [2.05, 4.69) is 47.5 Å². The molecule has 0 unspecified atom stereocenters. The summed E-state index contributed by atoms with van der Waals surface area (Å²) in [6, 6.07) is 30.2. The Morgan fingerprint density at radius 1 is 0.700 bits per heavy atom. The van der Waals surface area contributed by atoms with Gasteiger partial charge in [-0.15, -0.1) is 11.3 Å². The summed E-state index contributed by atoms with van der Waals surface area (Å²) in [5, 5.41) is 4.19. The van der Waals surface area contributed by atoms with Crippen molar-refractivity contribution < 1.29 is 9.53 Å². The first-order valence-corrected chi connectivity index (χ1v) is 10.5. The fourth-order valence-corrected chi connectivity index (χ4v) is 5.23. The molecule has 0 bridgehead atoms. The minimum Gasteiger partial charge on any atom is -0.402 e. The largest absolute Gasteiger partial charge is 0.402 e. The van der Waals surface area contributed by atoms with Gasteiger partial charge in [0.05, 0.1) is 0 Å². The Balaban J connectivity index is 1.64. The van der Waals surface area contributed by atoms with E-state index in [-0.39, 0.29) is 0 Å². The molecule has 0 fully saturated rings. The summed E-state index contributed by atoms with van der Waals surface area (Å²) in [5.41, 5.74) is 2.35. The van der Waals surface area contributed by atoms with Crippen molar-refractivity contribution in [3.8, 4) is 10.4 Å². The van der Waals surface area contributed by atoms with Gasteiger partial charge >= 0.3 is 5.97 Å². The standard InChI is InChI=1S/C26H15NO2S/c28-26-23(27-25(29-26)17-10-5-2-6-11-17)19-14-15-20-22-18(19)12-7-13-21(22)30-24(20)16-8-3-1-4-9-16/h1-15H/b23-19-. The molecule has 0 atom stereocenters. The van der Waals surface area contributed by atoms with Crippen molar-refractivity contribution in [1.29, 1.82) is 0 Å². The van der Waals surface area contributed by atoms with Crippen molar-refractivity contribution in [2.45, 2.75) is 0 Å². The lowest BCUT2D eigenvalue weighted by molar-refractivity contribution is -0.128. The van der Waals surface area contributed by atoms with Crippen LogP contribution < -0.4 is 5.22 Å². The van der Waals surface area contributed by atoms with E-state index in [0.717, 1.165) is 16.2 Å². The van der Waals surface area contributed by atoms with Gasteiger partial charge in [0, 0.05) is 31.1 Å². The van der Waals surface area contributed by atoms with Gasteiger partial charge in [-0.25, -0.2) is 9.79 Å². The zero-order chi connectivity index (χ0) is 20.1. The predicted molar refractivity (Wildman–Crippen MR) is 122 cm³/mol. The number of esters is 1. The molecular weight excluding hydrogens is 390 g/mol. The van der Waals surface area contributed by atoms with E-state index in [1.807, 2.05) is 48.5 Å². The summed E-state index contributed by atoms with van der Waals surface area (Å²) in [6.07, 6.45) is 0. The topological polar surface area (TPSA) is 38.7 Å². The molecule has 0 spiro atoms. The van der Waals surface area contributed by atoms with Crippen LogP contribution in [0.5, 0.6) is 0 Å². The summed E-state index contributed by atoms with van der Waals surface area (Å²) in [5.74, 6) is -0.0581. The summed E-state index contributed by atoms with van der Waals surface area (Å²) in [6.45, 7) is 0. The monoisotopic (exact) mass is 405 g/mol. The van der Waals surface area contributed by atoms with Crippen LogP contribution in [0, 0.1) is 0 Å². The average Bonchev–Trinajstić information content (AvgIpc) is 3.38. The highest BCUT2D eigenvalue weighted by Crippen LogP contribution is 2.41. The van der Waals surface area contributed by atoms with Crippen molar-refractivity contribution in [2.75, 3.05) is 0 Å². The smallest absolute Gasteiger partial charge is 0.364 e. The van der Waals surface area contributed by atoms with Gasteiger partial charge in [-0.05, 0) is 29.1 Å². The van der Waals surface area contributed by atoms with Crippen LogP contribution in [0.2, 0.25) is 0 Å². The number of benzene rings is 4. The first-order chi connectivity index (χ1) is 14.8. The predicted octanol–water partition coefficient (Wildman–Crippen LogP) is 5.55. The molecule has 0 saturated carbocycles. The first-order valence-electron chi connectivity index (χ1n) is 9.69. The van der Waals surface area contributed by atoms with Gasteiger partial charge in [0.2, 0.25) is 5.90 Å². The highest BCUT2D eigenvalue weighted by Gasteiger charge is 2.26. The fourth-order valence-electron chi connectivity index (χ4n) is 4.00. The van der Waals surface area contributed by atoms with Crippen LogP contribution in [0.4, 0.5) is 0 Å². The van der Waals surface area contributed by atoms with Gasteiger partial charge < -0.3 is 4.74 Å². The molecule has 5 aromatic rings. The first kappa shape index (κ1) is 17.1. The third kappa shape index (κ3) is 2.58. The van der Waals surface area contributed by atoms with E-state index < -0.39 is 5.97 Å². The van der Waals surface area contributed by atoms with E-state index in [1.165, 1.54) is 25.9 Å². The van der Waals surface area contributed by atoms with Crippen LogP contribution in [0.3, 0.4) is 0 Å².